The molecule has 3 aromatic heterocycles. The largest absolute Gasteiger partial charge is 0.465 e. The molecule has 7 heteroatoms. The highest BCUT2D eigenvalue weighted by Gasteiger charge is 2.33. The van der Waals surface area contributed by atoms with Gasteiger partial charge in [0.25, 0.3) is 0 Å². The maximum Gasteiger partial charge on any atom is 0.341 e. The topological polar surface area (TPSA) is 82.8 Å². The fourth-order valence-electron chi connectivity index (χ4n) is 3.71. The molecule has 0 bridgehead atoms. The van der Waals surface area contributed by atoms with E-state index in [4.69, 9.17) is 14.6 Å². The summed E-state index contributed by atoms with van der Waals surface area (Å²) in [6.07, 6.45) is 1.84. The molecule has 0 saturated heterocycles. The van der Waals surface area contributed by atoms with Gasteiger partial charge in [-0.3, -0.25) is 4.98 Å². The van der Waals surface area contributed by atoms with E-state index in [1.54, 1.807) is 39.1 Å². The van der Waals surface area contributed by atoms with Gasteiger partial charge in [0.2, 0.25) is 0 Å². The highest BCUT2D eigenvalue weighted by molar-refractivity contribution is 6.09. The number of aromatic nitrogens is 3. The van der Waals surface area contributed by atoms with E-state index in [1.807, 2.05) is 38.2 Å². The van der Waals surface area contributed by atoms with Gasteiger partial charge in [0.05, 0.1) is 40.8 Å². The number of pyridine rings is 2. The predicted molar refractivity (Wildman–Crippen MR) is 118 cm³/mol. The molecule has 0 aliphatic rings. The summed E-state index contributed by atoms with van der Waals surface area (Å²) in [7, 11) is 1.32. The van der Waals surface area contributed by atoms with Crippen molar-refractivity contribution >= 4 is 17.5 Å². The van der Waals surface area contributed by atoms with Crippen molar-refractivity contribution in [1.82, 2.24) is 14.6 Å². The first-order chi connectivity index (χ1) is 14.5. The van der Waals surface area contributed by atoms with Crippen molar-refractivity contribution in [2.75, 3.05) is 7.11 Å². The molecule has 0 aliphatic heterocycles. The third-order valence-corrected chi connectivity index (χ3v) is 4.92. The normalized spacial score (nSPS) is 11.8. The summed E-state index contributed by atoms with van der Waals surface area (Å²) in [6, 6.07) is 5.70. The quantitative estimate of drug-likeness (QED) is 0.556. The first kappa shape index (κ1) is 22.5. The monoisotopic (exact) mass is 423 g/mol. The minimum Gasteiger partial charge on any atom is -0.465 e. The summed E-state index contributed by atoms with van der Waals surface area (Å²) < 4.78 is 12.6. The van der Waals surface area contributed by atoms with Crippen LogP contribution in [0.15, 0.2) is 24.4 Å². The van der Waals surface area contributed by atoms with E-state index in [9.17, 15) is 9.59 Å². The number of ether oxygens (including phenoxy) is 2. The zero-order valence-electron chi connectivity index (χ0n) is 19.4. The van der Waals surface area contributed by atoms with Gasteiger partial charge in [-0.05, 0) is 52.7 Å². The number of hydrogen-bond donors (Lipinski definition) is 0. The van der Waals surface area contributed by atoms with E-state index < -0.39 is 17.5 Å². The van der Waals surface area contributed by atoms with Crippen molar-refractivity contribution in [2.45, 2.75) is 60.0 Å². The minimum atomic E-state index is -0.709. The number of carbonyl (C=O) groups excluding carboxylic acids is 2. The van der Waals surface area contributed by atoms with Crippen LogP contribution < -0.4 is 0 Å². The molecule has 3 rings (SSSR count). The number of aryl methyl sites for hydroxylation is 2. The number of fused-ring (bicyclic) bond motifs is 1. The Kier molecular flexibility index (Phi) is 5.89. The van der Waals surface area contributed by atoms with Crippen LogP contribution in [0.3, 0.4) is 0 Å². The van der Waals surface area contributed by atoms with Crippen molar-refractivity contribution in [2.24, 2.45) is 0 Å². The Labute approximate surface area is 182 Å². The third-order valence-electron chi connectivity index (χ3n) is 4.92. The van der Waals surface area contributed by atoms with Crippen LogP contribution in [-0.4, -0.2) is 39.2 Å². The molecule has 0 radical (unpaired) electrons. The fraction of sp³-hybridized carbons (Fsp3) is 0.417. The number of carbonyl (C=O) groups is 2. The Morgan fingerprint density at radius 2 is 1.61 bits per heavy atom. The summed E-state index contributed by atoms with van der Waals surface area (Å²) in [4.78, 5) is 30.7. The second kappa shape index (κ2) is 8.13. The zero-order chi connectivity index (χ0) is 23.1. The van der Waals surface area contributed by atoms with Crippen LogP contribution in [0.4, 0.5) is 0 Å². The van der Waals surface area contributed by atoms with Crippen LogP contribution in [0.25, 0.3) is 16.6 Å². The Balaban J connectivity index is 2.52. The van der Waals surface area contributed by atoms with E-state index in [0.29, 0.717) is 22.5 Å². The van der Waals surface area contributed by atoms with Crippen LogP contribution in [0.2, 0.25) is 0 Å². The Hall–Kier alpha value is -3.22. The number of methoxy groups -OCH3 is 1. The average Bonchev–Trinajstić information content (AvgIpc) is 3.05. The maximum absolute atomic E-state index is 13.3. The second-order valence-electron chi connectivity index (χ2n) is 8.85. The summed E-state index contributed by atoms with van der Waals surface area (Å²) in [5.74, 6) is -1.06. The fourth-order valence-corrected chi connectivity index (χ4v) is 3.71. The van der Waals surface area contributed by atoms with Crippen molar-refractivity contribution in [3.63, 3.8) is 0 Å². The second-order valence-corrected chi connectivity index (χ2v) is 8.85. The van der Waals surface area contributed by atoms with Gasteiger partial charge in [-0.25, -0.2) is 14.1 Å². The van der Waals surface area contributed by atoms with Crippen LogP contribution in [0.1, 0.15) is 78.3 Å². The minimum absolute atomic E-state index is 0.0423. The van der Waals surface area contributed by atoms with E-state index in [2.05, 4.69) is 4.98 Å². The van der Waals surface area contributed by atoms with Crippen LogP contribution in [-0.2, 0) is 9.47 Å². The molecule has 31 heavy (non-hydrogen) atoms. The summed E-state index contributed by atoms with van der Waals surface area (Å²) in [5.41, 5.74) is 3.48. The molecule has 0 N–H and O–H groups in total. The predicted octanol–water partition coefficient (Wildman–Crippen LogP) is 4.88. The lowest BCUT2D eigenvalue weighted by Gasteiger charge is -2.23. The molecule has 0 spiro atoms. The first-order valence-corrected chi connectivity index (χ1v) is 10.3. The Morgan fingerprint density at radius 1 is 1.00 bits per heavy atom. The van der Waals surface area contributed by atoms with Crippen LogP contribution in [0.5, 0.6) is 0 Å². The van der Waals surface area contributed by atoms with E-state index in [1.165, 1.54) is 7.11 Å². The molecule has 164 valence electrons. The summed E-state index contributed by atoms with van der Waals surface area (Å²) in [5, 5.41) is 4.74. The SMILES string of the molecule is COC(=O)c1c(C)nc(C)c(C(=O)OC(C)(C)C)c1-c1c(C(C)C)nn2ccccc12. The molecule has 0 aliphatic carbocycles. The van der Waals surface area contributed by atoms with Crippen LogP contribution in [0, 0.1) is 13.8 Å². The van der Waals surface area contributed by atoms with Crippen molar-refractivity contribution in [3.05, 3.63) is 52.6 Å². The van der Waals surface area contributed by atoms with Crippen LogP contribution >= 0.6 is 0 Å². The molecule has 3 heterocycles. The molecule has 0 fully saturated rings. The van der Waals surface area contributed by atoms with Gasteiger partial charge in [0.1, 0.15) is 5.60 Å². The van der Waals surface area contributed by atoms with Gasteiger partial charge in [-0.1, -0.05) is 19.9 Å². The molecule has 3 aromatic rings. The highest BCUT2D eigenvalue weighted by Crippen LogP contribution is 2.39. The molecule has 0 aromatic carbocycles. The first-order valence-electron chi connectivity index (χ1n) is 10.3. The Morgan fingerprint density at radius 3 is 2.16 bits per heavy atom. The van der Waals surface area contributed by atoms with E-state index in [0.717, 1.165) is 11.2 Å². The van der Waals surface area contributed by atoms with Gasteiger partial charge in [-0.2, -0.15) is 5.10 Å². The van der Waals surface area contributed by atoms with Crippen molar-refractivity contribution in [3.8, 4) is 11.1 Å². The third kappa shape index (κ3) is 4.17. The van der Waals surface area contributed by atoms with Gasteiger partial charge < -0.3 is 9.47 Å². The molecular formula is C24H29N3O4. The van der Waals surface area contributed by atoms with Gasteiger partial charge in [-0.15, -0.1) is 0 Å². The van der Waals surface area contributed by atoms with E-state index in [-0.39, 0.29) is 17.0 Å². The molecule has 0 saturated carbocycles. The lowest BCUT2D eigenvalue weighted by Crippen LogP contribution is -2.26. The molecule has 0 unspecified atom stereocenters. The molecule has 0 amide bonds. The molecule has 0 atom stereocenters. The van der Waals surface area contributed by atoms with Crippen molar-refractivity contribution < 1.29 is 19.1 Å². The highest BCUT2D eigenvalue weighted by atomic mass is 16.6. The number of esters is 2. The van der Waals surface area contributed by atoms with Crippen molar-refractivity contribution in [1.29, 1.82) is 0 Å². The van der Waals surface area contributed by atoms with Gasteiger partial charge in [0.15, 0.2) is 0 Å². The summed E-state index contributed by atoms with van der Waals surface area (Å²) in [6.45, 7) is 12.9. The number of hydrogen-bond acceptors (Lipinski definition) is 6. The lowest BCUT2D eigenvalue weighted by atomic mass is 9.89. The average molecular weight is 424 g/mol. The Bertz CT molecular complexity index is 1170. The smallest absolute Gasteiger partial charge is 0.341 e. The molecular weight excluding hydrogens is 394 g/mol. The number of rotatable bonds is 4. The molecule has 7 nitrogen and oxygen atoms in total. The maximum atomic E-state index is 13.3. The van der Waals surface area contributed by atoms with Gasteiger partial charge in [0, 0.05) is 17.3 Å². The zero-order valence-corrected chi connectivity index (χ0v) is 19.4. The lowest BCUT2D eigenvalue weighted by molar-refractivity contribution is 0.00691. The standard InChI is InChI=1S/C24H29N3O4/c1-13(2)21-19(16-11-9-10-12-27(16)26-21)20-17(22(28)30-8)14(3)25-15(4)18(20)23(29)31-24(5,6)7/h9-13H,1-8H3. The summed E-state index contributed by atoms with van der Waals surface area (Å²) >= 11 is 0. The van der Waals surface area contributed by atoms with Gasteiger partial charge >= 0.3 is 11.9 Å². The number of nitrogens with zero attached hydrogens (tertiary/aromatic N) is 3. The van der Waals surface area contributed by atoms with E-state index >= 15 is 0 Å².